The minimum atomic E-state index is -2.66. The van der Waals surface area contributed by atoms with E-state index < -0.39 is 25.9 Å². The van der Waals surface area contributed by atoms with Gasteiger partial charge in [0.15, 0.2) is 0 Å². The number of nitro groups is 1. The number of alkyl carbamates (subject to hydrolysis) is 1. The number of hydrogen-bond donors (Lipinski definition) is 1. The second kappa shape index (κ2) is 10.1. The first kappa shape index (κ1) is 21.0. The topological polar surface area (TPSA) is 109 Å². The molecule has 0 heterocycles. The monoisotopic (exact) mass is 372 g/mol. The molecule has 1 aromatic rings. The summed E-state index contributed by atoms with van der Waals surface area (Å²) >= 11 is 0. The van der Waals surface area contributed by atoms with Gasteiger partial charge in [0, 0.05) is 40.0 Å². The van der Waals surface area contributed by atoms with Crippen molar-refractivity contribution in [2.45, 2.75) is 25.5 Å². The Labute approximate surface area is 147 Å². The number of carbonyl (C=O) groups is 1. The standard InChI is InChI=1S/C15H24N2O7Si/c1-12(13-8-5-6-9-14(13)17(19)20)24-15(18)16-10-7-11-25(21-2,22-3)23-4/h5-6,8-9,12H,7,10-11H2,1-4H3,(H,16,18). The van der Waals surface area contributed by atoms with Crippen LogP contribution in [0.15, 0.2) is 24.3 Å². The Morgan fingerprint density at radius 3 is 2.40 bits per heavy atom. The molecule has 0 fully saturated rings. The lowest BCUT2D eigenvalue weighted by molar-refractivity contribution is -0.386. The highest BCUT2D eigenvalue weighted by molar-refractivity contribution is 6.60. The molecule has 0 spiro atoms. The Morgan fingerprint density at radius 2 is 1.84 bits per heavy atom. The lowest BCUT2D eigenvalue weighted by Gasteiger charge is -2.24. The van der Waals surface area contributed by atoms with Crippen LogP contribution in [0.4, 0.5) is 10.5 Å². The first-order valence-corrected chi connectivity index (χ1v) is 9.65. The summed E-state index contributed by atoms with van der Waals surface area (Å²) in [7, 11) is 1.91. The average Bonchev–Trinajstić information content (AvgIpc) is 2.62. The number of benzene rings is 1. The zero-order valence-corrected chi connectivity index (χ0v) is 15.8. The molecule has 1 atom stereocenters. The van der Waals surface area contributed by atoms with Gasteiger partial charge in [0.25, 0.3) is 5.69 Å². The van der Waals surface area contributed by atoms with Crippen LogP contribution in [0.2, 0.25) is 6.04 Å². The molecule has 1 aromatic carbocycles. The van der Waals surface area contributed by atoms with E-state index in [4.69, 9.17) is 18.0 Å². The summed E-state index contributed by atoms with van der Waals surface area (Å²) in [5.41, 5.74) is 0.256. The maximum absolute atomic E-state index is 11.9. The van der Waals surface area contributed by atoms with Crippen molar-refractivity contribution in [2.24, 2.45) is 0 Å². The smallest absolute Gasteiger partial charge is 0.441 e. The molecule has 1 N–H and O–H groups in total. The zero-order valence-electron chi connectivity index (χ0n) is 14.8. The average molecular weight is 372 g/mol. The maximum Gasteiger partial charge on any atom is 0.500 e. The molecule has 1 unspecified atom stereocenters. The fraction of sp³-hybridized carbons (Fsp3) is 0.533. The van der Waals surface area contributed by atoms with Crippen molar-refractivity contribution in [1.29, 1.82) is 0 Å². The van der Waals surface area contributed by atoms with E-state index >= 15 is 0 Å². The summed E-state index contributed by atoms with van der Waals surface area (Å²) < 4.78 is 21.1. The van der Waals surface area contributed by atoms with Crippen LogP contribution in [0.25, 0.3) is 0 Å². The minimum Gasteiger partial charge on any atom is -0.441 e. The molecule has 25 heavy (non-hydrogen) atoms. The molecule has 0 bridgehead atoms. The van der Waals surface area contributed by atoms with Crippen molar-refractivity contribution < 1.29 is 27.7 Å². The zero-order chi connectivity index (χ0) is 18.9. The van der Waals surface area contributed by atoms with Crippen LogP contribution in [-0.4, -0.2) is 47.7 Å². The lowest BCUT2D eigenvalue weighted by atomic mass is 10.1. The van der Waals surface area contributed by atoms with Crippen molar-refractivity contribution in [2.75, 3.05) is 27.9 Å². The van der Waals surface area contributed by atoms with E-state index in [1.807, 2.05) is 0 Å². The van der Waals surface area contributed by atoms with E-state index in [1.54, 1.807) is 25.1 Å². The molecule has 1 rings (SSSR count). The van der Waals surface area contributed by atoms with E-state index in [0.717, 1.165) is 0 Å². The molecular formula is C15H24N2O7Si. The number of ether oxygens (including phenoxy) is 1. The second-order valence-corrected chi connectivity index (χ2v) is 8.28. The number of nitrogens with one attached hydrogen (secondary N) is 1. The van der Waals surface area contributed by atoms with Gasteiger partial charge in [-0.3, -0.25) is 10.1 Å². The highest BCUT2D eigenvalue weighted by Crippen LogP contribution is 2.26. The van der Waals surface area contributed by atoms with Crippen LogP contribution in [0, 0.1) is 10.1 Å². The fourth-order valence-corrected chi connectivity index (χ4v) is 4.04. The van der Waals surface area contributed by atoms with Gasteiger partial charge in [0.1, 0.15) is 6.10 Å². The molecular weight excluding hydrogens is 348 g/mol. The molecule has 9 nitrogen and oxygen atoms in total. The van der Waals surface area contributed by atoms with E-state index in [1.165, 1.54) is 27.4 Å². The summed E-state index contributed by atoms with van der Waals surface area (Å²) in [6, 6.07) is 6.69. The van der Waals surface area contributed by atoms with Crippen molar-refractivity contribution in [3.8, 4) is 0 Å². The Hall–Kier alpha value is -2.01. The van der Waals surface area contributed by atoms with E-state index in [0.29, 0.717) is 24.6 Å². The first-order chi connectivity index (χ1) is 11.9. The number of amides is 1. The molecule has 0 saturated carbocycles. The Kier molecular flexibility index (Phi) is 8.48. The number of para-hydroxylation sites is 1. The normalized spacial score (nSPS) is 12.5. The number of hydrogen-bond acceptors (Lipinski definition) is 7. The fourth-order valence-electron chi connectivity index (χ4n) is 2.31. The number of nitro benzene ring substituents is 1. The van der Waals surface area contributed by atoms with Gasteiger partial charge in [-0.05, 0) is 19.4 Å². The van der Waals surface area contributed by atoms with Gasteiger partial charge in [-0.1, -0.05) is 12.1 Å². The summed E-state index contributed by atoms with van der Waals surface area (Å²) in [6.45, 7) is 1.92. The summed E-state index contributed by atoms with van der Waals surface area (Å²) in [6.07, 6.45) is -0.811. The van der Waals surface area contributed by atoms with Gasteiger partial charge in [-0.2, -0.15) is 0 Å². The van der Waals surface area contributed by atoms with Crippen LogP contribution in [0.3, 0.4) is 0 Å². The van der Waals surface area contributed by atoms with Crippen molar-refractivity contribution >= 4 is 20.6 Å². The van der Waals surface area contributed by atoms with Gasteiger partial charge in [0.05, 0.1) is 10.5 Å². The van der Waals surface area contributed by atoms with Gasteiger partial charge >= 0.3 is 14.9 Å². The molecule has 0 aliphatic carbocycles. The molecule has 140 valence electrons. The number of nitrogens with zero attached hydrogens (tertiary/aromatic N) is 1. The highest BCUT2D eigenvalue weighted by atomic mass is 28.4. The molecule has 0 aliphatic heterocycles. The van der Waals surface area contributed by atoms with Crippen LogP contribution in [0.1, 0.15) is 25.0 Å². The first-order valence-electron chi connectivity index (χ1n) is 7.72. The molecule has 0 radical (unpaired) electrons. The van der Waals surface area contributed by atoms with Crippen LogP contribution in [-0.2, 0) is 18.0 Å². The van der Waals surface area contributed by atoms with Crippen LogP contribution in [0.5, 0.6) is 0 Å². The predicted octanol–water partition coefficient (Wildman–Crippen LogP) is 2.65. The van der Waals surface area contributed by atoms with Crippen LogP contribution >= 0.6 is 0 Å². The summed E-state index contributed by atoms with van der Waals surface area (Å²) in [4.78, 5) is 22.4. The highest BCUT2D eigenvalue weighted by Gasteiger charge is 2.36. The number of rotatable bonds is 10. The maximum atomic E-state index is 11.9. The summed E-state index contributed by atoms with van der Waals surface area (Å²) in [5.74, 6) is 0. The Balaban J connectivity index is 2.48. The molecule has 0 saturated heterocycles. The Bertz CT molecular complexity index is 572. The van der Waals surface area contributed by atoms with Crippen molar-refractivity contribution in [3.05, 3.63) is 39.9 Å². The third kappa shape index (κ3) is 6.09. The molecule has 1 amide bonds. The van der Waals surface area contributed by atoms with Gasteiger partial charge in [-0.15, -0.1) is 0 Å². The molecule has 0 aromatic heterocycles. The van der Waals surface area contributed by atoms with Gasteiger partial charge in [-0.25, -0.2) is 4.79 Å². The van der Waals surface area contributed by atoms with Crippen molar-refractivity contribution in [3.63, 3.8) is 0 Å². The van der Waals surface area contributed by atoms with Gasteiger partial charge < -0.3 is 23.3 Å². The lowest BCUT2D eigenvalue weighted by Crippen LogP contribution is -2.43. The minimum absolute atomic E-state index is 0.0844. The molecule has 0 aliphatic rings. The van der Waals surface area contributed by atoms with E-state index in [2.05, 4.69) is 5.32 Å². The SMILES string of the molecule is CO[Si](CCCNC(=O)OC(C)c1ccccc1[N+](=O)[O-])(OC)OC. The second-order valence-electron chi connectivity index (χ2n) is 5.19. The quantitative estimate of drug-likeness (QED) is 0.291. The summed E-state index contributed by atoms with van der Waals surface area (Å²) in [5, 5.41) is 13.6. The largest absolute Gasteiger partial charge is 0.500 e. The Morgan fingerprint density at radius 1 is 1.24 bits per heavy atom. The van der Waals surface area contributed by atoms with Crippen LogP contribution < -0.4 is 5.32 Å². The van der Waals surface area contributed by atoms with E-state index in [9.17, 15) is 14.9 Å². The third-order valence-electron chi connectivity index (χ3n) is 3.72. The molecule has 10 heteroatoms. The predicted molar refractivity (Wildman–Crippen MR) is 92.2 cm³/mol. The van der Waals surface area contributed by atoms with Crippen molar-refractivity contribution in [1.82, 2.24) is 5.32 Å². The van der Waals surface area contributed by atoms with Gasteiger partial charge in [0.2, 0.25) is 0 Å². The number of carbonyl (C=O) groups excluding carboxylic acids is 1. The third-order valence-corrected chi connectivity index (χ3v) is 6.55. The van der Waals surface area contributed by atoms with E-state index in [-0.39, 0.29) is 5.69 Å².